The first-order chi connectivity index (χ1) is 13.2. The van der Waals surface area contributed by atoms with E-state index in [4.69, 9.17) is 8.94 Å². The summed E-state index contributed by atoms with van der Waals surface area (Å²) in [6.45, 7) is 2.03. The molecule has 6 nitrogen and oxygen atoms in total. The molecule has 4 aromatic rings. The summed E-state index contributed by atoms with van der Waals surface area (Å²) in [5.41, 5.74) is 4.39. The van der Waals surface area contributed by atoms with Crippen molar-refractivity contribution in [2.24, 2.45) is 0 Å². The van der Waals surface area contributed by atoms with Crippen LogP contribution in [0, 0.1) is 6.92 Å². The van der Waals surface area contributed by atoms with Gasteiger partial charge >= 0.3 is 0 Å². The second kappa shape index (κ2) is 6.09. The van der Waals surface area contributed by atoms with Crippen molar-refractivity contribution < 1.29 is 13.7 Å². The van der Waals surface area contributed by atoms with E-state index in [0.717, 1.165) is 23.8 Å². The smallest absolute Gasteiger partial charge is 0.251 e. The van der Waals surface area contributed by atoms with E-state index in [1.165, 1.54) is 5.56 Å². The van der Waals surface area contributed by atoms with Crippen LogP contribution in [0.4, 0.5) is 0 Å². The number of aromatic nitrogens is 2. The van der Waals surface area contributed by atoms with Gasteiger partial charge in [-0.05, 0) is 50.1 Å². The molecule has 0 bridgehead atoms. The zero-order valence-electron chi connectivity index (χ0n) is 14.7. The van der Waals surface area contributed by atoms with Gasteiger partial charge in [0.05, 0.1) is 5.39 Å². The van der Waals surface area contributed by atoms with Crippen LogP contribution in [0.25, 0.3) is 33.8 Å². The molecule has 0 unspecified atom stereocenters. The van der Waals surface area contributed by atoms with Crippen LogP contribution in [0.1, 0.15) is 28.8 Å². The van der Waals surface area contributed by atoms with Crippen molar-refractivity contribution in [2.45, 2.75) is 25.8 Å². The van der Waals surface area contributed by atoms with E-state index >= 15 is 0 Å². The van der Waals surface area contributed by atoms with E-state index in [1.54, 1.807) is 24.5 Å². The molecular weight excluding hydrogens is 342 g/mol. The summed E-state index contributed by atoms with van der Waals surface area (Å²) in [6, 6.07) is 13.6. The maximum absolute atomic E-state index is 12.3. The third-order valence-corrected chi connectivity index (χ3v) is 4.69. The lowest BCUT2D eigenvalue weighted by Gasteiger charge is -2.02. The molecule has 0 aliphatic heterocycles. The number of nitrogens with one attached hydrogen (secondary N) is 1. The molecule has 2 heterocycles. The lowest BCUT2D eigenvalue weighted by molar-refractivity contribution is 0.0951. The predicted octanol–water partition coefficient (Wildman–Crippen LogP) is 4.35. The van der Waals surface area contributed by atoms with Gasteiger partial charge in [-0.15, -0.1) is 0 Å². The number of fused-ring (bicyclic) bond motifs is 1. The summed E-state index contributed by atoms with van der Waals surface area (Å²) in [6.07, 6.45) is 3.66. The molecule has 1 aliphatic carbocycles. The van der Waals surface area contributed by atoms with E-state index in [2.05, 4.69) is 15.5 Å². The first kappa shape index (κ1) is 15.8. The monoisotopic (exact) mass is 359 g/mol. The van der Waals surface area contributed by atoms with Gasteiger partial charge < -0.3 is 14.3 Å². The number of benzene rings is 2. The number of nitrogens with zero attached hydrogens (tertiary/aromatic N) is 2. The second-order valence-electron chi connectivity index (χ2n) is 6.89. The highest BCUT2D eigenvalue weighted by molar-refractivity contribution is 6.00. The van der Waals surface area contributed by atoms with Crippen LogP contribution >= 0.6 is 0 Å². The zero-order valence-corrected chi connectivity index (χ0v) is 14.7. The highest BCUT2D eigenvalue weighted by Crippen LogP contribution is 2.30. The standard InChI is InChI=1S/C21H17N3O3/c1-12-2-4-13(5-3-12)21-23-17(11-26-21)19-16-10-14(6-9-18(16)27-24-19)20(25)22-15-7-8-15/h2-6,9-11,15H,7-8H2,1H3,(H,22,25). The SMILES string of the molecule is Cc1ccc(-c2nc(-c3noc4ccc(C(=O)NC5CC5)cc34)co2)cc1. The normalized spacial score (nSPS) is 13.8. The van der Waals surface area contributed by atoms with Gasteiger partial charge in [-0.2, -0.15) is 0 Å². The third-order valence-electron chi connectivity index (χ3n) is 4.69. The molecule has 0 spiro atoms. The Bertz CT molecular complexity index is 1140. The number of carbonyl (C=O) groups excluding carboxylic acids is 1. The van der Waals surface area contributed by atoms with Gasteiger partial charge in [0.1, 0.15) is 17.7 Å². The van der Waals surface area contributed by atoms with Crippen molar-refractivity contribution in [3.05, 3.63) is 59.9 Å². The summed E-state index contributed by atoms with van der Waals surface area (Å²) in [4.78, 5) is 16.9. The number of oxazole rings is 1. The number of carbonyl (C=O) groups is 1. The quantitative estimate of drug-likeness (QED) is 0.586. The summed E-state index contributed by atoms with van der Waals surface area (Å²) in [5, 5.41) is 7.86. The fourth-order valence-corrected chi connectivity index (χ4v) is 2.97. The van der Waals surface area contributed by atoms with Gasteiger partial charge in [0.25, 0.3) is 5.91 Å². The Balaban J connectivity index is 1.51. The van der Waals surface area contributed by atoms with Crippen molar-refractivity contribution in [3.8, 4) is 22.8 Å². The highest BCUT2D eigenvalue weighted by atomic mass is 16.5. The summed E-state index contributed by atoms with van der Waals surface area (Å²) in [5.74, 6) is 0.441. The lowest BCUT2D eigenvalue weighted by atomic mass is 10.1. The van der Waals surface area contributed by atoms with Gasteiger partial charge in [-0.25, -0.2) is 4.98 Å². The molecule has 2 aromatic carbocycles. The highest BCUT2D eigenvalue weighted by Gasteiger charge is 2.24. The first-order valence-corrected chi connectivity index (χ1v) is 8.90. The summed E-state index contributed by atoms with van der Waals surface area (Å²) < 4.78 is 11.0. The van der Waals surface area contributed by atoms with Crippen molar-refractivity contribution in [2.75, 3.05) is 0 Å². The maximum atomic E-state index is 12.3. The van der Waals surface area contributed by atoms with Crippen molar-refractivity contribution in [1.82, 2.24) is 15.5 Å². The molecule has 2 aromatic heterocycles. The average Bonchev–Trinajstić information content (AvgIpc) is 3.19. The summed E-state index contributed by atoms with van der Waals surface area (Å²) in [7, 11) is 0. The summed E-state index contributed by atoms with van der Waals surface area (Å²) >= 11 is 0. The molecule has 1 fully saturated rings. The van der Waals surface area contributed by atoms with Crippen LogP contribution in [-0.4, -0.2) is 22.1 Å². The first-order valence-electron chi connectivity index (χ1n) is 8.90. The Hall–Kier alpha value is -3.41. The molecule has 1 amide bonds. The molecule has 0 radical (unpaired) electrons. The minimum Gasteiger partial charge on any atom is -0.444 e. The number of aryl methyl sites for hydroxylation is 1. The van der Waals surface area contributed by atoms with E-state index < -0.39 is 0 Å². The van der Waals surface area contributed by atoms with Crippen molar-refractivity contribution in [1.29, 1.82) is 0 Å². The van der Waals surface area contributed by atoms with Gasteiger partial charge in [0.15, 0.2) is 5.58 Å². The maximum Gasteiger partial charge on any atom is 0.251 e. The van der Waals surface area contributed by atoms with Crippen LogP contribution in [0.3, 0.4) is 0 Å². The fourth-order valence-electron chi connectivity index (χ4n) is 2.97. The Morgan fingerprint density at radius 3 is 2.74 bits per heavy atom. The third kappa shape index (κ3) is 2.99. The van der Waals surface area contributed by atoms with Crippen LogP contribution < -0.4 is 5.32 Å². The van der Waals surface area contributed by atoms with Crippen LogP contribution in [0.5, 0.6) is 0 Å². The largest absolute Gasteiger partial charge is 0.444 e. The number of hydrogen-bond donors (Lipinski definition) is 1. The predicted molar refractivity (Wildman–Crippen MR) is 100 cm³/mol. The van der Waals surface area contributed by atoms with Gasteiger partial charge in [-0.3, -0.25) is 4.79 Å². The van der Waals surface area contributed by atoms with E-state index in [0.29, 0.717) is 34.5 Å². The average molecular weight is 359 g/mol. The van der Waals surface area contributed by atoms with E-state index in [9.17, 15) is 4.79 Å². The molecule has 0 atom stereocenters. The molecule has 1 saturated carbocycles. The van der Waals surface area contributed by atoms with Gasteiger partial charge in [0, 0.05) is 17.2 Å². The number of amides is 1. The van der Waals surface area contributed by atoms with Crippen LogP contribution in [0.15, 0.2) is 57.7 Å². The van der Waals surface area contributed by atoms with Gasteiger partial charge in [-0.1, -0.05) is 22.9 Å². The Morgan fingerprint density at radius 1 is 1.15 bits per heavy atom. The topological polar surface area (TPSA) is 81.2 Å². The van der Waals surface area contributed by atoms with Gasteiger partial charge in [0.2, 0.25) is 5.89 Å². The minimum absolute atomic E-state index is 0.0768. The molecule has 5 rings (SSSR count). The van der Waals surface area contributed by atoms with Crippen LogP contribution in [0.2, 0.25) is 0 Å². The lowest BCUT2D eigenvalue weighted by Crippen LogP contribution is -2.25. The number of hydrogen-bond acceptors (Lipinski definition) is 5. The number of rotatable bonds is 4. The van der Waals surface area contributed by atoms with Crippen molar-refractivity contribution >= 4 is 16.9 Å². The molecule has 0 saturated heterocycles. The minimum atomic E-state index is -0.0768. The molecule has 27 heavy (non-hydrogen) atoms. The molecule has 6 heteroatoms. The molecular formula is C21H17N3O3. The zero-order chi connectivity index (χ0) is 18.4. The Labute approximate surface area is 155 Å². The molecule has 134 valence electrons. The van der Waals surface area contributed by atoms with E-state index in [-0.39, 0.29) is 5.91 Å². The van der Waals surface area contributed by atoms with E-state index in [1.807, 2.05) is 31.2 Å². The fraction of sp³-hybridized carbons (Fsp3) is 0.190. The van der Waals surface area contributed by atoms with Crippen molar-refractivity contribution in [3.63, 3.8) is 0 Å². The molecule has 1 aliphatic rings. The molecule has 1 N–H and O–H groups in total. The Kier molecular flexibility index (Phi) is 3.57. The van der Waals surface area contributed by atoms with Crippen LogP contribution in [-0.2, 0) is 0 Å². The Morgan fingerprint density at radius 2 is 1.96 bits per heavy atom. The second-order valence-corrected chi connectivity index (χ2v) is 6.89.